The SMILES string of the molecule is CCOCCN(CCOCC)C(=O)N(C)C. The first-order valence-corrected chi connectivity index (χ1v) is 5.75. The lowest BCUT2D eigenvalue weighted by atomic mass is 10.5. The summed E-state index contributed by atoms with van der Waals surface area (Å²) in [6.07, 6.45) is 0. The average molecular weight is 232 g/mol. The van der Waals surface area contributed by atoms with Gasteiger partial charge < -0.3 is 19.3 Å². The molecule has 0 fully saturated rings. The molecule has 96 valence electrons. The number of rotatable bonds is 8. The lowest BCUT2D eigenvalue weighted by Crippen LogP contribution is -2.42. The maximum atomic E-state index is 11.8. The van der Waals surface area contributed by atoms with Gasteiger partial charge in [0.2, 0.25) is 0 Å². The fourth-order valence-corrected chi connectivity index (χ4v) is 1.22. The van der Waals surface area contributed by atoms with Gasteiger partial charge in [0.15, 0.2) is 0 Å². The summed E-state index contributed by atoms with van der Waals surface area (Å²) < 4.78 is 10.5. The number of amides is 2. The fourth-order valence-electron chi connectivity index (χ4n) is 1.22. The molecule has 0 aromatic rings. The molecule has 0 atom stereocenters. The Bertz CT molecular complexity index is 176. The summed E-state index contributed by atoms with van der Waals surface area (Å²) in [5.41, 5.74) is 0. The third-order valence-electron chi connectivity index (χ3n) is 2.07. The van der Waals surface area contributed by atoms with Crippen LogP contribution in [0, 0.1) is 0 Å². The summed E-state index contributed by atoms with van der Waals surface area (Å²) in [5, 5.41) is 0. The summed E-state index contributed by atoms with van der Waals surface area (Å²) in [5.74, 6) is 0. The van der Waals surface area contributed by atoms with Gasteiger partial charge in [0.25, 0.3) is 0 Å². The first-order chi connectivity index (χ1) is 7.63. The molecule has 0 aromatic heterocycles. The molecule has 0 radical (unpaired) electrons. The zero-order valence-corrected chi connectivity index (χ0v) is 10.9. The van der Waals surface area contributed by atoms with E-state index in [2.05, 4.69) is 0 Å². The standard InChI is InChI=1S/C11H24N2O3/c1-5-15-9-7-13(8-10-16-6-2)11(14)12(3)4/h5-10H2,1-4H3. The van der Waals surface area contributed by atoms with Crippen molar-refractivity contribution in [3.05, 3.63) is 0 Å². The molecule has 16 heavy (non-hydrogen) atoms. The number of nitrogens with zero attached hydrogens (tertiary/aromatic N) is 2. The lowest BCUT2D eigenvalue weighted by Gasteiger charge is -2.25. The van der Waals surface area contributed by atoms with Gasteiger partial charge in [-0.25, -0.2) is 4.79 Å². The normalized spacial score (nSPS) is 10.2. The second-order valence-electron chi connectivity index (χ2n) is 3.56. The van der Waals surface area contributed by atoms with Crippen LogP contribution in [-0.2, 0) is 9.47 Å². The van der Waals surface area contributed by atoms with Crippen molar-refractivity contribution < 1.29 is 14.3 Å². The summed E-state index contributed by atoms with van der Waals surface area (Å²) in [4.78, 5) is 15.1. The van der Waals surface area contributed by atoms with Gasteiger partial charge in [0.05, 0.1) is 13.2 Å². The van der Waals surface area contributed by atoms with E-state index in [0.29, 0.717) is 39.5 Å². The van der Waals surface area contributed by atoms with Crippen molar-refractivity contribution in [2.45, 2.75) is 13.8 Å². The molecule has 5 nitrogen and oxygen atoms in total. The molecule has 0 heterocycles. The van der Waals surface area contributed by atoms with Crippen LogP contribution in [0.25, 0.3) is 0 Å². The molecule has 2 amide bonds. The maximum Gasteiger partial charge on any atom is 0.319 e. The van der Waals surface area contributed by atoms with E-state index >= 15 is 0 Å². The highest BCUT2D eigenvalue weighted by atomic mass is 16.5. The molecule has 0 spiro atoms. The largest absolute Gasteiger partial charge is 0.380 e. The first-order valence-electron chi connectivity index (χ1n) is 5.75. The summed E-state index contributed by atoms with van der Waals surface area (Å²) >= 11 is 0. The Morgan fingerprint density at radius 2 is 1.44 bits per heavy atom. The summed E-state index contributed by atoms with van der Waals surface area (Å²) in [6, 6.07) is -0.000550. The third kappa shape index (κ3) is 6.63. The molecular weight excluding hydrogens is 208 g/mol. The fraction of sp³-hybridized carbons (Fsp3) is 0.909. The van der Waals surface area contributed by atoms with Crippen LogP contribution in [0.2, 0.25) is 0 Å². The van der Waals surface area contributed by atoms with Gasteiger partial charge in [-0.1, -0.05) is 0 Å². The minimum Gasteiger partial charge on any atom is -0.380 e. The van der Waals surface area contributed by atoms with Crippen LogP contribution in [0.15, 0.2) is 0 Å². The van der Waals surface area contributed by atoms with Crippen LogP contribution < -0.4 is 0 Å². The molecule has 0 saturated carbocycles. The van der Waals surface area contributed by atoms with Gasteiger partial charge in [-0.05, 0) is 13.8 Å². The number of carbonyl (C=O) groups excluding carboxylic acids is 1. The molecule has 0 aliphatic heterocycles. The zero-order valence-electron chi connectivity index (χ0n) is 10.9. The highest BCUT2D eigenvalue weighted by Gasteiger charge is 2.14. The van der Waals surface area contributed by atoms with E-state index in [1.807, 2.05) is 13.8 Å². The monoisotopic (exact) mass is 232 g/mol. The van der Waals surface area contributed by atoms with Crippen molar-refractivity contribution in [2.24, 2.45) is 0 Å². The van der Waals surface area contributed by atoms with E-state index in [-0.39, 0.29) is 6.03 Å². The van der Waals surface area contributed by atoms with E-state index in [0.717, 1.165) is 0 Å². The summed E-state index contributed by atoms with van der Waals surface area (Å²) in [6.45, 7) is 7.60. The van der Waals surface area contributed by atoms with E-state index in [1.54, 1.807) is 23.9 Å². The molecule has 0 unspecified atom stereocenters. The third-order valence-corrected chi connectivity index (χ3v) is 2.07. The highest BCUT2D eigenvalue weighted by molar-refractivity contribution is 5.73. The molecule has 0 N–H and O–H groups in total. The zero-order chi connectivity index (χ0) is 12.4. The van der Waals surface area contributed by atoms with Crippen LogP contribution >= 0.6 is 0 Å². The number of hydrogen-bond acceptors (Lipinski definition) is 3. The van der Waals surface area contributed by atoms with Crippen molar-refractivity contribution in [2.75, 3.05) is 53.6 Å². The molecule has 0 aromatic carbocycles. The van der Waals surface area contributed by atoms with Crippen LogP contribution in [0.3, 0.4) is 0 Å². The van der Waals surface area contributed by atoms with E-state index < -0.39 is 0 Å². The van der Waals surface area contributed by atoms with Crippen LogP contribution in [0.5, 0.6) is 0 Å². The molecule has 5 heteroatoms. The first kappa shape index (κ1) is 15.2. The molecular formula is C11H24N2O3. The Morgan fingerprint density at radius 3 is 1.75 bits per heavy atom. The second-order valence-corrected chi connectivity index (χ2v) is 3.56. The lowest BCUT2D eigenvalue weighted by molar-refractivity contribution is 0.0856. The van der Waals surface area contributed by atoms with Crippen molar-refractivity contribution in [3.8, 4) is 0 Å². The summed E-state index contributed by atoms with van der Waals surface area (Å²) in [7, 11) is 3.49. The minimum atomic E-state index is -0.000550. The number of urea groups is 1. The van der Waals surface area contributed by atoms with Crippen LogP contribution in [-0.4, -0.2) is 69.4 Å². The van der Waals surface area contributed by atoms with Crippen molar-refractivity contribution in [1.82, 2.24) is 9.80 Å². The predicted octanol–water partition coefficient (Wildman–Crippen LogP) is 1.04. The van der Waals surface area contributed by atoms with Gasteiger partial charge in [-0.15, -0.1) is 0 Å². The van der Waals surface area contributed by atoms with E-state index in [1.165, 1.54) is 0 Å². The molecule has 0 aliphatic rings. The number of carbonyl (C=O) groups is 1. The van der Waals surface area contributed by atoms with E-state index in [4.69, 9.17) is 9.47 Å². The molecule has 0 saturated heterocycles. The van der Waals surface area contributed by atoms with Gasteiger partial charge >= 0.3 is 6.03 Å². The van der Waals surface area contributed by atoms with Crippen molar-refractivity contribution in [3.63, 3.8) is 0 Å². The Balaban J connectivity index is 4.00. The molecule has 0 bridgehead atoms. The van der Waals surface area contributed by atoms with Gasteiger partial charge in [-0.2, -0.15) is 0 Å². The van der Waals surface area contributed by atoms with Gasteiger partial charge in [0.1, 0.15) is 0 Å². The molecule has 0 rings (SSSR count). The van der Waals surface area contributed by atoms with Crippen molar-refractivity contribution >= 4 is 6.03 Å². The highest BCUT2D eigenvalue weighted by Crippen LogP contribution is 1.95. The Kier molecular flexibility index (Phi) is 8.94. The number of hydrogen-bond donors (Lipinski definition) is 0. The topological polar surface area (TPSA) is 42.0 Å². The van der Waals surface area contributed by atoms with Crippen LogP contribution in [0.1, 0.15) is 13.8 Å². The number of ether oxygens (including phenoxy) is 2. The Labute approximate surface area is 98.3 Å². The van der Waals surface area contributed by atoms with Gasteiger partial charge in [-0.3, -0.25) is 0 Å². The Hall–Kier alpha value is -0.810. The van der Waals surface area contributed by atoms with Gasteiger partial charge in [0, 0.05) is 40.4 Å². The average Bonchev–Trinajstić information content (AvgIpc) is 2.26. The quantitative estimate of drug-likeness (QED) is 0.587. The Morgan fingerprint density at radius 1 is 1.00 bits per heavy atom. The van der Waals surface area contributed by atoms with Crippen molar-refractivity contribution in [1.29, 1.82) is 0 Å². The second kappa shape index (κ2) is 9.42. The maximum absolute atomic E-state index is 11.8. The van der Waals surface area contributed by atoms with E-state index in [9.17, 15) is 4.79 Å². The smallest absolute Gasteiger partial charge is 0.319 e. The molecule has 0 aliphatic carbocycles. The predicted molar refractivity (Wildman–Crippen MR) is 63.6 cm³/mol. The minimum absolute atomic E-state index is 0.000550. The van der Waals surface area contributed by atoms with Crippen LogP contribution in [0.4, 0.5) is 4.79 Å².